The topological polar surface area (TPSA) is 58.3 Å². The van der Waals surface area contributed by atoms with E-state index in [1.54, 1.807) is 0 Å². The van der Waals surface area contributed by atoms with Crippen LogP contribution >= 0.6 is 0 Å². The van der Waals surface area contributed by atoms with Gasteiger partial charge in [-0.15, -0.1) is 0 Å². The van der Waals surface area contributed by atoms with Gasteiger partial charge in [0.15, 0.2) is 0 Å². The van der Waals surface area contributed by atoms with Crippen LogP contribution in [0.4, 0.5) is 0 Å². The van der Waals surface area contributed by atoms with E-state index in [1.807, 2.05) is 0 Å². The van der Waals surface area contributed by atoms with Crippen molar-refractivity contribution in [3.63, 3.8) is 0 Å². The largest absolute Gasteiger partial charge is 0.389 e. The van der Waals surface area contributed by atoms with Crippen molar-refractivity contribution in [2.24, 2.45) is 11.7 Å². The molecule has 2 atom stereocenters. The summed E-state index contributed by atoms with van der Waals surface area (Å²) in [6.07, 6.45) is 6.47. The number of rotatable bonds is 1. The van der Waals surface area contributed by atoms with Crippen molar-refractivity contribution in [1.29, 1.82) is 0 Å². The van der Waals surface area contributed by atoms with Crippen LogP contribution in [0, 0.1) is 5.92 Å². The zero-order valence-corrected chi connectivity index (χ0v) is 8.84. The average molecular weight is 198 g/mol. The van der Waals surface area contributed by atoms with Crippen molar-refractivity contribution in [3.8, 4) is 0 Å². The van der Waals surface area contributed by atoms with Gasteiger partial charge in [-0.3, -0.25) is 0 Å². The standard InChI is InChI=1S/C11H22N2O/c12-10-4-2-1-3-9(10)11(14)5-7-13-8-6-11/h9-10,13-14H,1-8,12H2. The summed E-state index contributed by atoms with van der Waals surface area (Å²) in [6.45, 7) is 1.89. The van der Waals surface area contributed by atoms with Gasteiger partial charge in [0, 0.05) is 12.0 Å². The Morgan fingerprint density at radius 2 is 1.79 bits per heavy atom. The minimum absolute atomic E-state index is 0.229. The van der Waals surface area contributed by atoms with E-state index >= 15 is 0 Å². The van der Waals surface area contributed by atoms with Crippen molar-refractivity contribution in [2.75, 3.05) is 13.1 Å². The fourth-order valence-corrected chi connectivity index (χ4v) is 3.06. The van der Waals surface area contributed by atoms with E-state index in [9.17, 15) is 5.11 Å². The molecule has 4 N–H and O–H groups in total. The third-order valence-corrected chi connectivity index (χ3v) is 3.98. The summed E-state index contributed by atoms with van der Waals surface area (Å²) in [4.78, 5) is 0. The average Bonchev–Trinajstić information content (AvgIpc) is 2.19. The van der Waals surface area contributed by atoms with Gasteiger partial charge in [-0.2, -0.15) is 0 Å². The maximum atomic E-state index is 10.5. The number of piperidine rings is 1. The summed E-state index contributed by atoms with van der Waals surface area (Å²) in [7, 11) is 0. The zero-order chi connectivity index (χ0) is 10.0. The van der Waals surface area contributed by atoms with Crippen LogP contribution in [0.2, 0.25) is 0 Å². The number of hydrogen-bond acceptors (Lipinski definition) is 3. The third-order valence-electron chi connectivity index (χ3n) is 3.98. The summed E-state index contributed by atoms with van der Waals surface area (Å²) in [5.41, 5.74) is 5.65. The van der Waals surface area contributed by atoms with Crippen molar-refractivity contribution in [1.82, 2.24) is 5.32 Å². The van der Waals surface area contributed by atoms with Gasteiger partial charge < -0.3 is 16.2 Å². The summed E-state index contributed by atoms with van der Waals surface area (Å²) < 4.78 is 0. The second kappa shape index (κ2) is 4.17. The van der Waals surface area contributed by atoms with E-state index in [4.69, 9.17) is 5.73 Å². The first-order chi connectivity index (χ1) is 6.72. The van der Waals surface area contributed by atoms with Crippen LogP contribution in [-0.2, 0) is 0 Å². The molecule has 0 bridgehead atoms. The Kier molecular flexibility index (Phi) is 3.10. The van der Waals surface area contributed by atoms with E-state index in [0.717, 1.165) is 38.8 Å². The highest BCUT2D eigenvalue weighted by molar-refractivity contribution is 4.96. The molecular weight excluding hydrogens is 176 g/mol. The van der Waals surface area contributed by atoms with Gasteiger partial charge in [0.25, 0.3) is 0 Å². The molecule has 1 saturated heterocycles. The lowest BCUT2D eigenvalue weighted by Crippen LogP contribution is -2.54. The van der Waals surface area contributed by atoms with E-state index in [-0.39, 0.29) is 6.04 Å². The molecule has 2 unspecified atom stereocenters. The van der Waals surface area contributed by atoms with Crippen LogP contribution in [0.15, 0.2) is 0 Å². The Morgan fingerprint density at radius 1 is 1.14 bits per heavy atom. The molecule has 0 spiro atoms. The van der Waals surface area contributed by atoms with Gasteiger partial charge in [0.05, 0.1) is 5.60 Å². The summed E-state index contributed by atoms with van der Waals surface area (Å²) >= 11 is 0. The number of aliphatic hydroxyl groups is 1. The maximum Gasteiger partial charge on any atom is 0.0714 e. The van der Waals surface area contributed by atoms with Crippen LogP contribution in [0.25, 0.3) is 0 Å². The molecule has 1 aliphatic carbocycles. The van der Waals surface area contributed by atoms with Gasteiger partial charge in [-0.25, -0.2) is 0 Å². The smallest absolute Gasteiger partial charge is 0.0714 e. The normalized spacial score (nSPS) is 38.1. The quantitative estimate of drug-likeness (QED) is 0.579. The second-order valence-corrected chi connectivity index (χ2v) is 4.91. The monoisotopic (exact) mass is 198 g/mol. The van der Waals surface area contributed by atoms with Crippen LogP contribution in [0.5, 0.6) is 0 Å². The van der Waals surface area contributed by atoms with Crippen LogP contribution in [-0.4, -0.2) is 29.8 Å². The Morgan fingerprint density at radius 3 is 2.43 bits per heavy atom. The molecule has 0 amide bonds. The van der Waals surface area contributed by atoms with Gasteiger partial charge >= 0.3 is 0 Å². The highest BCUT2D eigenvalue weighted by Crippen LogP contribution is 2.36. The molecule has 2 fully saturated rings. The first-order valence-electron chi connectivity index (χ1n) is 5.91. The van der Waals surface area contributed by atoms with Gasteiger partial charge in [0.1, 0.15) is 0 Å². The molecular formula is C11H22N2O. The predicted octanol–water partition coefficient (Wildman–Crippen LogP) is 0.618. The minimum atomic E-state index is -0.467. The zero-order valence-electron chi connectivity index (χ0n) is 8.84. The fraction of sp³-hybridized carbons (Fsp3) is 1.00. The van der Waals surface area contributed by atoms with Crippen molar-refractivity contribution < 1.29 is 5.11 Å². The lowest BCUT2D eigenvalue weighted by molar-refractivity contribution is -0.0626. The van der Waals surface area contributed by atoms with E-state index < -0.39 is 5.60 Å². The fourth-order valence-electron chi connectivity index (χ4n) is 3.06. The molecule has 0 aromatic heterocycles. The molecule has 14 heavy (non-hydrogen) atoms. The van der Waals surface area contributed by atoms with Gasteiger partial charge in [0.2, 0.25) is 0 Å². The Bertz CT molecular complexity index is 190. The summed E-state index contributed by atoms with van der Waals surface area (Å²) in [5.74, 6) is 0.346. The SMILES string of the molecule is NC1CCCCC1C1(O)CCNCC1. The highest BCUT2D eigenvalue weighted by Gasteiger charge is 2.41. The van der Waals surface area contributed by atoms with Crippen molar-refractivity contribution >= 4 is 0 Å². The number of nitrogens with one attached hydrogen (secondary N) is 1. The molecule has 82 valence electrons. The van der Waals surface area contributed by atoms with Crippen molar-refractivity contribution in [3.05, 3.63) is 0 Å². The predicted molar refractivity (Wildman–Crippen MR) is 57.0 cm³/mol. The third kappa shape index (κ3) is 1.95. The molecule has 2 rings (SSSR count). The van der Waals surface area contributed by atoms with E-state index in [1.165, 1.54) is 12.8 Å². The van der Waals surface area contributed by atoms with E-state index in [2.05, 4.69) is 5.32 Å². The van der Waals surface area contributed by atoms with Crippen molar-refractivity contribution in [2.45, 2.75) is 50.2 Å². The first kappa shape index (κ1) is 10.4. The lowest BCUT2D eigenvalue weighted by atomic mass is 9.70. The molecule has 0 radical (unpaired) electrons. The molecule has 2 aliphatic rings. The Hall–Kier alpha value is -0.120. The first-order valence-corrected chi connectivity index (χ1v) is 5.91. The summed E-state index contributed by atoms with van der Waals surface area (Å²) in [5, 5.41) is 13.8. The number of nitrogens with two attached hydrogens (primary N) is 1. The molecule has 3 nitrogen and oxygen atoms in total. The number of hydrogen-bond donors (Lipinski definition) is 3. The van der Waals surface area contributed by atoms with Crippen LogP contribution in [0.1, 0.15) is 38.5 Å². The van der Waals surface area contributed by atoms with E-state index in [0.29, 0.717) is 5.92 Å². The molecule has 0 aromatic rings. The Labute approximate surface area is 86.1 Å². The van der Waals surface area contributed by atoms with Gasteiger partial charge in [-0.1, -0.05) is 12.8 Å². The maximum absolute atomic E-state index is 10.5. The van der Waals surface area contributed by atoms with Gasteiger partial charge in [-0.05, 0) is 38.8 Å². The minimum Gasteiger partial charge on any atom is -0.389 e. The summed E-state index contributed by atoms with van der Waals surface area (Å²) in [6, 6.07) is 0.229. The molecule has 0 aromatic carbocycles. The molecule has 1 heterocycles. The molecule has 3 heteroatoms. The Balaban J connectivity index is 2.02. The lowest BCUT2D eigenvalue weighted by Gasteiger charge is -2.44. The second-order valence-electron chi connectivity index (χ2n) is 4.91. The van der Waals surface area contributed by atoms with Crippen LogP contribution < -0.4 is 11.1 Å². The highest BCUT2D eigenvalue weighted by atomic mass is 16.3. The molecule has 1 aliphatic heterocycles. The van der Waals surface area contributed by atoms with Crippen LogP contribution in [0.3, 0.4) is 0 Å². The molecule has 1 saturated carbocycles.